The van der Waals surface area contributed by atoms with E-state index in [2.05, 4.69) is 34.6 Å². The Balaban J connectivity index is 0.000000186. The van der Waals surface area contributed by atoms with Crippen LogP contribution in [0.5, 0.6) is 0 Å². The van der Waals surface area contributed by atoms with E-state index in [1.54, 1.807) is 0 Å². The van der Waals surface area contributed by atoms with Gasteiger partial charge < -0.3 is 20.0 Å². The number of hydrogen-bond donors (Lipinski definition) is 2. The summed E-state index contributed by atoms with van der Waals surface area (Å²) in [6, 6.07) is 11.1. The molecule has 4 rings (SSSR count). The molecule has 21 heavy (non-hydrogen) atoms. The summed E-state index contributed by atoms with van der Waals surface area (Å²) < 4.78 is 5.81. The van der Waals surface area contributed by atoms with Gasteiger partial charge >= 0.3 is 0 Å². The molecule has 2 saturated heterocycles. The molecule has 0 radical (unpaired) electrons. The highest BCUT2D eigenvalue weighted by Crippen LogP contribution is 2.25. The van der Waals surface area contributed by atoms with E-state index >= 15 is 0 Å². The molecule has 1 aromatic carbocycles. The van der Waals surface area contributed by atoms with E-state index in [-0.39, 0.29) is 0 Å². The molecule has 4 heteroatoms. The molecule has 0 saturated carbocycles. The van der Waals surface area contributed by atoms with Gasteiger partial charge in [0.15, 0.2) is 5.88 Å². The number of fused-ring (bicyclic) bond motifs is 1. The van der Waals surface area contributed by atoms with Crippen molar-refractivity contribution >= 4 is 16.9 Å². The van der Waals surface area contributed by atoms with Crippen molar-refractivity contribution in [1.82, 2.24) is 10.6 Å². The predicted molar refractivity (Wildman–Crippen MR) is 88.0 cm³/mol. The van der Waals surface area contributed by atoms with Gasteiger partial charge in [0.05, 0.1) is 0 Å². The fourth-order valence-corrected chi connectivity index (χ4v) is 2.87. The first-order chi connectivity index (χ1) is 10.3. The summed E-state index contributed by atoms with van der Waals surface area (Å²) >= 11 is 0. The topological polar surface area (TPSA) is 40.4 Å². The van der Waals surface area contributed by atoms with Crippen molar-refractivity contribution in [2.45, 2.75) is 25.8 Å². The smallest absolute Gasteiger partial charge is 0.196 e. The first-order valence-electron chi connectivity index (χ1n) is 8.00. The van der Waals surface area contributed by atoms with Gasteiger partial charge in [-0.2, -0.15) is 0 Å². The Morgan fingerprint density at radius 1 is 1.14 bits per heavy atom. The Hall–Kier alpha value is -1.52. The summed E-state index contributed by atoms with van der Waals surface area (Å²) in [7, 11) is 0. The number of benzene rings is 1. The van der Waals surface area contributed by atoms with Gasteiger partial charge in [-0.25, -0.2) is 0 Å². The van der Waals surface area contributed by atoms with E-state index in [0.717, 1.165) is 43.7 Å². The van der Waals surface area contributed by atoms with Crippen LogP contribution >= 0.6 is 0 Å². The maximum absolute atomic E-state index is 5.81. The zero-order valence-electron chi connectivity index (χ0n) is 12.8. The number of rotatable bonds is 1. The van der Waals surface area contributed by atoms with E-state index in [4.69, 9.17) is 4.42 Å². The monoisotopic (exact) mass is 287 g/mol. The fourth-order valence-electron chi connectivity index (χ4n) is 2.87. The molecule has 2 fully saturated rings. The molecular formula is C17H25N3O. The lowest BCUT2D eigenvalue weighted by molar-refractivity contribution is 0.527. The minimum Gasteiger partial charge on any atom is -0.441 e. The lowest BCUT2D eigenvalue weighted by atomic mass is 10.2. The fraction of sp³-hybridized carbons (Fsp3) is 0.529. The minimum absolute atomic E-state index is 0.796. The third kappa shape index (κ3) is 3.77. The average molecular weight is 287 g/mol. The first kappa shape index (κ1) is 14.4. The highest BCUT2D eigenvalue weighted by Gasteiger charge is 2.14. The number of para-hydroxylation sites is 1. The normalized spacial score (nSPS) is 22.1. The van der Waals surface area contributed by atoms with E-state index in [1.807, 2.05) is 18.2 Å². The number of hydrogen-bond acceptors (Lipinski definition) is 4. The van der Waals surface area contributed by atoms with Crippen LogP contribution in [0.1, 0.15) is 19.8 Å². The van der Waals surface area contributed by atoms with Gasteiger partial charge in [0.25, 0.3) is 0 Å². The molecule has 1 atom stereocenters. The maximum atomic E-state index is 5.81. The molecule has 2 aliphatic rings. The molecule has 4 nitrogen and oxygen atoms in total. The van der Waals surface area contributed by atoms with Crippen LogP contribution in [0.2, 0.25) is 0 Å². The Morgan fingerprint density at radius 2 is 1.95 bits per heavy atom. The number of furan rings is 1. The number of nitrogens with one attached hydrogen (secondary N) is 2. The predicted octanol–water partition coefficient (Wildman–Crippen LogP) is 2.60. The highest BCUT2D eigenvalue weighted by atomic mass is 16.4. The largest absolute Gasteiger partial charge is 0.441 e. The summed E-state index contributed by atoms with van der Waals surface area (Å²) in [5.41, 5.74) is 0.978. The highest BCUT2D eigenvalue weighted by molar-refractivity contribution is 5.80. The van der Waals surface area contributed by atoms with Crippen LogP contribution in [0, 0.1) is 0 Å². The van der Waals surface area contributed by atoms with Crippen LogP contribution in [0.15, 0.2) is 34.7 Å². The van der Waals surface area contributed by atoms with Crippen molar-refractivity contribution in [3.05, 3.63) is 30.3 Å². The van der Waals surface area contributed by atoms with Crippen molar-refractivity contribution in [3.63, 3.8) is 0 Å². The molecule has 2 aliphatic heterocycles. The summed E-state index contributed by atoms with van der Waals surface area (Å²) in [6.45, 7) is 7.60. The van der Waals surface area contributed by atoms with E-state index in [1.165, 1.54) is 24.8 Å². The third-order valence-corrected chi connectivity index (χ3v) is 4.15. The van der Waals surface area contributed by atoms with Crippen molar-refractivity contribution in [1.29, 1.82) is 0 Å². The molecule has 3 heterocycles. The van der Waals surface area contributed by atoms with Crippen molar-refractivity contribution in [2.75, 3.05) is 37.6 Å². The van der Waals surface area contributed by atoms with Gasteiger partial charge in [0.2, 0.25) is 0 Å². The van der Waals surface area contributed by atoms with Gasteiger partial charge in [-0.3, -0.25) is 0 Å². The molecule has 0 bridgehead atoms. The van der Waals surface area contributed by atoms with Gasteiger partial charge in [-0.05, 0) is 32.4 Å². The molecule has 1 aromatic heterocycles. The average Bonchev–Trinajstić information content (AvgIpc) is 3.17. The lowest BCUT2D eigenvalue weighted by Gasteiger charge is -2.26. The van der Waals surface area contributed by atoms with Crippen LogP contribution in [-0.4, -0.2) is 38.8 Å². The van der Waals surface area contributed by atoms with Crippen LogP contribution in [0.3, 0.4) is 0 Å². The Bertz CT molecular complexity index is 521. The summed E-state index contributed by atoms with van der Waals surface area (Å²) in [5.74, 6) is 0.998. The number of piperazine rings is 1. The van der Waals surface area contributed by atoms with Gasteiger partial charge in [0.1, 0.15) is 5.58 Å². The number of nitrogens with zero attached hydrogens (tertiary/aromatic N) is 1. The SMILES string of the molecule is CC1CCCN1.c1ccc2oc(N3CCNCC3)cc2c1. The molecule has 0 aliphatic carbocycles. The van der Waals surface area contributed by atoms with Gasteiger partial charge in [-0.15, -0.1) is 0 Å². The summed E-state index contributed by atoms with van der Waals surface area (Å²) in [5, 5.41) is 7.84. The van der Waals surface area contributed by atoms with Crippen LogP contribution in [0.4, 0.5) is 5.88 Å². The van der Waals surface area contributed by atoms with E-state index < -0.39 is 0 Å². The zero-order valence-corrected chi connectivity index (χ0v) is 12.8. The molecular weight excluding hydrogens is 262 g/mol. The van der Waals surface area contributed by atoms with E-state index in [9.17, 15) is 0 Å². The van der Waals surface area contributed by atoms with Crippen molar-refractivity contribution < 1.29 is 4.42 Å². The summed E-state index contributed by atoms with van der Waals surface area (Å²) in [4.78, 5) is 2.29. The Morgan fingerprint density at radius 3 is 2.57 bits per heavy atom. The minimum atomic E-state index is 0.796. The zero-order chi connectivity index (χ0) is 14.5. The second-order valence-corrected chi connectivity index (χ2v) is 5.86. The molecule has 0 spiro atoms. The Kier molecular flexibility index (Phi) is 4.78. The summed E-state index contributed by atoms with van der Waals surface area (Å²) in [6.07, 6.45) is 2.75. The molecule has 2 aromatic rings. The van der Waals surface area contributed by atoms with Gasteiger partial charge in [-0.1, -0.05) is 18.2 Å². The molecule has 114 valence electrons. The maximum Gasteiger partial charge on any atom is 0.196 e. The number of anilines is 1. The second-order valence-electron chi connectivity index (χ2n) is 5.86. The Labute approximate surface area is 126 Å². The molecule has 0 amide bonds. The molecule has 2 N–H and O–H groups in total. The van der Waals surface area contributed by atoms with Crippen LogP contribution in [-0.2, 0) is 0 Å². The lowest BCUT2D eigenvalue weighted by Crippen LogP contribution is -2.43. The quantitative estimate of drug-likeness (QED) is 0.846. The van der Waals surface area contributed by atoms with Gasteiger partial charge in [0, 0.05) is 43.7 Å². The second kappa shape index (κ2) is 6.96. The van der Waals surface area contributed by atoms with Crippen molar-refractivity contribution in [2.24, 2.45) is 0 Å². The third-order valence-electron chi connectivity index (χ3n) is 4.15. The van der Waals surface area contributed by atoms with Crippen LogP contribution in [0.25, 0.3) is 11.0 Å². The standard InChI is InChI=1S/C12H14N2O.C5H11N/c1-2-4-11-10(3-1)9-12(15-11)14-7-5-13-6-8-14;1-5-3-2-4-6-5/h1-4,9,13H,5-8H2;5-6H,2-4H2,1H3. The van der Waals surface area contributed by atoms with Crippen molar-refractivity contribution in [3.8, 4) is 0 Å². The van der Waals surface area contributed by atoms with E-state index in [0.29, 0.717) is 0 Å². The first-order valence-corrected chi connectivity index (χ1v) is 8.00. The van der Waals surface area contributed by atoms with Crippen LogP contribution < -0.4 is 15.5 Å². The molecule has 1 unspecified atom stereocenters.